The molecule has 4 aromatic rings. The molecule has 0 aliphatic rings. The molecule has 0 fully saturated rings. The molecule has 21 heavy (non-hydrogen) atoms. The van der Waals surface area contributed by atoms with Crippen LogP contribution in [0.25, 0.3) is 21.0 Å². The number of anilines is 2. The third-order valence-electron chi connectivity index (χ3n) is 3.40. The van der Waals surface area contributed by atoms with Gasteiger partial charge in [-0.1, -0.05) is 65.4 Å². The Morgan fingerprint density at radius 1 is 0.905 bits per heavy atom. The highest BCUT2D eigenvalue weighted by molar-refractivity contribution is 7.22. The van der Waals surface area contributed by atoms with E-state index in [1.54, 1.807) is 11.3 Å². The molecule has 2 nitrogen and oxygen atoms in total. The number of halogens is 1. The number of nitrogens with one attached hydrogen (secondary N) is 1. The molecule has 0 radical (unpaired) electrons. The second kappa shape index (κ2) is 5.02. The number of rotatable bonds is 2. The monoisotopic (exact) mass is 310 g/mol. The quantitative estimate of drug-likeness (QED) is 0.502. The second-order valence-corrected chi connectivity index (χ2v) is 6.17. The molecule has 4 heteroatoms. The molecule has 1 heterocycles. The van der Waals surface area contributed by atoms with Gasteiger partial charge in [-0.2, -0.15) is 0 Å². The SMILES string of the molecule is Clc1cccc2nc(Nc3cccc4ccccc34)sc12. The van der Waals surface area contributed by atoms with Crippen molar-refractivity contribution in [3.05, 3.63) is 65.7 Å². The largest absolute Gasteiger partial charge is 0.331 e. The van der Waals surface area contributed by atoms with Crippen molar-refractivity contribution in [2.24, 2.45) is 0 Å². The van der Waals surface area contributed by atoms with Gasteiger partial charge in [-0.25, -0.2) is 4.98 Å². The molecule has 1 aromatic heterocycles. The van der Waals surface area contributed by atoms with E-state index >= 15 is 0 Å². The van der Waals surface area contributed by atoms with Crippen molar-refractivity contribution in [1.29, 1.82) is 0 Å². The first kappa shape index (κ1) is 12.6. The Kier molecular flexibility index (Phi) is 3.02. The molecule has 0 atom stereocenters. The number of benzene rings is 3. The molecule has 0 saturated carbocycles. The lowest BCUT2D eigenvalue weighted by atomic mass is 10.1. The van der Waals surface area contributed by atoms with Gasteiger partial charge < -0.3 is 5.32 Å². The van der Waals surface area contributed by atoms with Gasteiger partial charge in [0.1, 0.15) is 0 Å². The summed E-state index contributed by atoms with van der Waals surface area (Å²) in [6.45, 7) is 0. The minimum absolute atomic E-state index is 0.746. The minimum atomic E-state index is 0.746. The van der Waals surface area contributed by atoms with Crippen molar-refractivity contribution in [3.63, 3.8) is 0 Å². The molecule has 4 rings (SSSR count). The maximum Gasteiger partial charge on any atom is 0.188 e. The molecule has 1 N–H and O–H groups in total. The Morgan fingerprint density at radius 2 is 1.71 bits per heavy atom. The van der Waals surface area contributed by atoms with E-state index in [0.29, 0.717) is 0 Å². The molecular weight excluding hydrogens is 300 g/mol. The van der Waals surface area contributed by atoms with Gasteiger partial charge in [0.05, 0.1) is 15.2 Å². The van der Waals surface area contributed by atoms with Gasteiger partial charge in [0.15, 0.2) is 5.13 Å². The molecule has 102 valence electrons. The molecule has 0 unspecified atom stereocenters. The first-order valence-electron chi connectivity index (χ1n) is 6.61. The van der Waals surface area contributed by atoms with Crippen LogP contribution in [-0.2, 0) is 0 Å². The summed E-state index contributed by atoms with van der Waals surface area (Å²) in [6, 6.07) is 20.3. The third-order valence-corrected chi connectivity index (χ3v) is 4.85. The lowest BCUT2D eigenvalue weighted by Gasteiger charge is -2.06. The summed E-state index contributed by atoms with van der Waals surface area (Å²) < 4.78 is 1.02. The lowest BCUT2D eigenvalue weighted by molar-refractivity contribution is 1.45. The van der Waals surface area contributed by atoms with Crippen molar-refractivity contribution in [3.8, 4) is 0 Å². The van der Waals surface area contributed by atoms with E-state index in [0.717, 1.165) is 26.1 Å². The average molecular weight is 311 g/mol. The number of nitrogens with zero attached hydrogens (tertiary/aromatic N) is 1. The van der Waals surface area contributed by atoms with Gasteiger partial charge in [-0.3, -0.25) is 0 Å². The van der Waals surface area contributed by atoms with Crippen LogP contribution < -0.4 is 5.32 Å². The Balaban J connectivity index is 1.81. The van der Waals surface area contributed by atoms with Crippen LogP contribution in [0.3, 0.4) is 0 Å². The van der Waals surface area contributed by atoms with Crippen molar-refractivity contribution >= 4 is 54.7 Å². The zero-order valence-electron chi connectivity index (χ0n) is 11.0. The molecular formula is C17H11ClN2S. The summed E-state index contributed by atoms with van der Waals surface area (Å²) in [7, 11) is 0. The Bertz CT molecular complexity index is 940. The fourth-order valence-corrected chi connectivity index (χ4v) is 3.59. The van der Waals surface area contributed by atoms with Crippen LogP contribution in [0.5, 0.6) is 0 Å². The van der Waals surface area contributed by atoms with Crippen LogP contribution in [-0.4, -0.2) is 4.98 Å². The van der Waals surface area contributed by atoms with Crippen LogP contribution >= 0.6 is 22.9 Å². The van der Waals surface area contributed by atoms with E-state index in [1.807, 2.05) is 36.4 Å². The van der Waals surface area contributed by atoms with Crippen LogP contribution in [0.15, 0.2) is 60.7 Å². The van der Waals surface area contributed by atoms with Crippen LogP contribution in [0.2, 0.25) is 5.02 Å². The zero-order valence-corrected chi connectivity index (χ0v) is 12.6. The summed E-state index contributed by atoms with van der Waals surface area (Å²) in [5.41, 5.74) is 1.98. The lowest BCUT2D eigenvalue weighted by Crippen LogP contribution is -1.90. The fourth-order valence-electron chi connectivity index (χ4n) is 2.42. The Labute approximate surface area is 131 Å². The van der Waals surface area contributed by atoms with Gasteiger partial charge >= 0.3 is 0 Å². The topological polar surface area (TPSA) is 24.9 Å². The van der Waals surface area contributed by atoms with Crippen LogP contribution in [0.4, 0.5) is 10.8 Å². The first-order valence-corrected chi connectivity index (χ1v) is 7.80. The number of hydrogen-bond acceptors (Lipinski definition) is 3. The minimum Gasteiger partial charge on any atom is -0.331 e. The van der Waals surface area contributed by atoms with Crippen LogP contribution in [0, 0.1) is 0 Å². The maximum absolute atomic E-state index is 6.21. The first-order chi connectivity index (χ1) is 10.3. The predicted octanol–water partition coefficient (Wildman–Crippen LogP) is 5.85. The molecule has 0 aliphatic heterocycles. The van der Waals surface area contributed by atoms with E-state index < -0.39 is 0 Å². The van der Waals surface area contributed by atoms with Gasteiger partial charge in [-0.15, -0.1) is 0 Å². The highest BCUT2D eigenvalue weighted by atomic mass is 35.5. The third kappa shape index (κ3) is 2.24. The van der Waals surface area contributed by atoms with Crippen molar-refractivity contribution in [2.45, 2.75) is 0 Å². The summed E-state index contributed by atoms with van der Waals surface area (Å²) >= 11 is 7.78. The summed E-state index contributed by atoms with van der Waals surface area (Å²) in [6.07, 6.45) is 0. The fraction of sp³-hybridized carbons (Fsp3) is 0. The number of thiazole rings is 1. The highest BCUT2D eigenvalue weighted by Crippen LogP contribution is 2.34. The highest BCUT2D eigenvalue weighted by Gasteiger charge is 2.08. The Morgan fingerprint density at radius 3 is 2.62 bits per heavy atom. The smallest absolute Gasteiger partial charge is 0.188 e. The second-order valence-electron chi connectivity index (χ2n) is 4.76. The molecule has 0 spiro atoms. The predicted molar refractivity (Wildman–Crippen MR) is 91.9 cm³/mol. The normalized spacial score (nSPS) is 11.1. The summed E-state index contributed by atoms with van der Waals surface area (Å²) in [4.78, 5) is 4.60. The summed E-state index contributed by atoms with van der Waals surface area (Å²) in [5, 5.41) is 7.41. The summed E-state index contributed by atoms with van der Waals surface area (Å²) in [5.74, 6) is 0. The van der Waals surface area contributed by atoms with Crippen molar-refractivity contribution in [1.82, 2.24) is 4.98 Å². The molecule has 3 aromatic carbocycles. The number of hydrogen-bond donors (Lipinski definition) is 1. The maximum atomic E-state index is 6.21. The average Bonchev–Trinajstić information content (AvgIpc) is 2.92. The van der Waals surface area contributed by atoms with Crippen LogP contribution in [0.1, 0.15) is 0 Å². The standard InChI is InChI=1S/C17H11ClN2S/c18-13-8-4-10-15-16(13)21-17(20-15)19-14-9-3-6-11-5-1-2-7-12(11)14/h1-10H,(H,19,20). The van der Waals surface area contributed by atoms with E-state index in [9.17, 15) is 0 Å². The van der Waals surface area contributed by atoms with Crippen molar-refractivity contribution < 1.29 is 0 Å². The van der Waals surface area contributed by atoms with Gasteiger partial charge in [0.25, 0.3) is 0 Å². The van der Waals surface area contributed by atoms with E-state index in [4.69, 9.17) is 11.6 Å². The number of aromatic nitrogens is 1. The molecule has 0 saturated heterocycles. The Hall–Kier alpha value is -2.10. The van der Waals surface area contributed by atoms with Gasteiger partial charge in [-0.05, 0) is 23.6 Å². The van der Waals surface area contributed by atoms with Gasteiger partial charge in [0.2, 0.25) is 0 Å². The molecule has 0 amide bonds. The number of fused-ring (bicyclic) bond motifs is 2. The van der Waals surface area contributed by atoms with E-state index in [1.165, 1.54) is 10.8 Å². The zero-order chi connectivity index (χ0) is 14.2. The molecule has 0 aliphatic carbocycles. The molecule has 0 bridgehead atoms. The van der Waals surface area contributed by atoms with E-state index in [2.05, 4.69) is 34.6 Å². The van der Waals surface area contributed by atoms with Gasteiger partial charge in [0, 0.05) is 11.1 Å². The van der Waals surface area contributed by atoms with E-state index in [-0.39, 0.29) is 0 Å². The van der Waals surface area contributed by atoms with Crippen molar-refractivity contribution in [2.75, 3.05) is 5.32 Å².